The van der Waals surface area contributed by atoms with E-state index in [4.69, 9.17) is 13.8 Å². The smallest absolute Gasteiger partial charge is 0.361 e. The van der Waals surface area contributed by atoms with Gasteiger partial charge in [-0.3, -0.25) is 4.28 Å². The molecule has 0 radical (unpaired) electrons. The minimum atomic E-state index is -4.16. The first-order valence-electron chi connectivity index (χ1n) is 7.74. The predicted molar refractivity (Wildman–Crippen MR) is 95.3 cm³/mol. The fraction of sp³-hybridized carbons (Fsp3) is 0.222. The highest BCUT2D eigenvalue weighted by atomic mass is 32.2. The van der Waals surface area contributed by atoms with Crippen molar-refractivity contribution in [2.75, 3.05) is 20.3 Å². The number of ether oxygens (including phenoxy) is 2. The molecule has 26 heavy (non-hydrogen) atoms. The van der Waals surface area contributed by atoms with Gasteiger partial charge in [0.1, 0.15) is 11.5 Å². The van der Waals surface area contributed by atoms with Crippen LogP contribution in [0.5, 0.6) is 0 Å². The lowest BCUT2D eigenvalue weighted by molar-refractivity contribution is -0.136. The lowest BCUT2D eigenvalue weighted by atomic mass is 10.1. The maximum atomic E-state index is 12.3. The molecule has 0 bridgehead atoms. The molecule has 0 spiro atoms. The number of methoxy groups -OCH3 is 1. The van der Waals surface area contributed by atoms with E-state index in [1.54, 1.807) is 42.5 Å². The summed E-state index contributed by atoms with van der Waals surface area (Å²) in [7, 11) is -2.69. The molecule has 0 fully saturated rings. The first-order valence-corrected chi connectivity index (χ1v) is 9.14. The molecule has 0 amide bonds. The highest BCUT2D eigenvalue weighted by Gasteiger charge is 2.21. The van der Waals surface area contributed by atoms with Gasteiger partial charge in [0.2, 0.25) is 0 Å². The van der Waals surface area contributed by atoms with Gasteiger partial charge in [-0.1, -0.05) is 53.2 Å². The van der Waals surface area contributed by atoms with Gasteiger partial charge in [0.15, 0.2) is 5.71 Å². The molecule has 0 unspecified atom stereocenters. The number of aryl methyl sites for hydroxylation is 1. The number of carbonyl (C=O) groups is 1. The van der Waals surface area contributed by atoms with Gasteiger partial charge < -0.3 is 9.47 Å². The molecule has 0 aliphatic rings. The molecule has 0 aliphatic carbocycles. The lowest BCUT2D eigenvalue weighted by Crippen LogP contribution is -2.21. The van der Waals surface area contributed by atoms with Crippen LogP contribution in [-0.2, 0) is 28.7 Å². The first kappa shape index (κ1) is 19.6. The predicted octanol–water partition coefficient (Wildman–Crippen LogP) is 2.29. The number of carbonyl (C=O) groups excluding carboxylic acids is 1. The van der Waals surface area contributed by atoms with Gasteiger partial charge in [0.25, 0.3) is 0 Å². The third-order valence-corrected chi connectivity index (χ3v) is 4.42. The van der Waals surface area contributed by atoms with E-state index in [0.717, 1.165) is 5.56 Å². The van der Waals surface area contributed by atoms with Crippen LogP contribution in [0.4, 0.5) is 0 Å². The summed E-state index contributed by atoms with van der Waals surface area (Å²) in [5.74, 6) is -0.813. The summed E-state index contributed by atoms with van der Waals surface area (Å²) in [4.78, 5) is 12.2. The molecular weight excluding hydrogens is 358 g/mol. The summed E-state index contributed by atoms with van der Waals surface area (Å²) < 4.78 is 39.1. The number of benzene rings is 2. The second-order valence-corrected chi connectivity index (χ2v) is 6.81. The van der Waals surface area contributed by atoms with E-state index in [-0.39, 0.29) is 23.8 Å². The van der Waals surface area contributed by atoms with E-state index in [9.17, 15) is 13.2 Å². The van der Waals surface area contributed by atoms with Crippen molar-refractivity contribution in [3.05, 3.63) is 65.7 Å². The van der Waals surface area contributed by atoms with Gasteiger partial charge in [-0.15, -0.1) is 0 Å². The lowest BCUT2D eigenvalue weighted by Gasteiger charge is -2.08. The Kier molecular flexibility index (Phi) is 6.88. The van der Waals surface area contributed by atoms with E-state index < -0.39 is 16.1 Å². The van der Waals surface area contributed by atoms with Crippen LogP contribution in [0.1, 0.15) is 11.1 Å². The maximum absolute atomic E-state index is 12.3. The molecule has 0 saturated heterocycles. The number of nitrogens with zero attached hydrogens (tertiary/aromatic N) is 1. The second-order valence-electron chi connectivity index (χ2n) is 5.28. The maximum Gasteiger partial charge on any atom is 0.361 e. The van der Waals surface area contributed by atoms with Crippen LogP contribution < -0.4 is 0 Å². The molecule has 0 N–H and O–H groups in total. The van der Waals surface area contributed by atoms with E-state index in [2.05, 4.69) is 5.16 Å². The fourth-order valence-corrected chi connectivity index (χ4v) is 2.65. The highest BCUT2D eigenvalue weighted by molar-refractivity contribution is 7.86. The quantitative estimate of drug-likeness (QED) is 0.303. The average Bonchev–Trinajstić information content (AvgIpc) is 2.63. The number of esters is 1. The highest BCUT2D eigenvalue weighted by Crippen LogP contribution is 2.14. The molecule has 0 saturated carbocycles. The largest absolute Gasteiger partial charge is 0.458 e. The molecule has 2 rings (SSSR count). The summed E-state index contributed by atoms with van der Waals surface area (Å²) in [6.07, 6.45) is 0. The summed E-state index contributed by atoms with van der Waals surface area (Å²) in [6, 6.07) is 14.4. The molecule has 2 aromatic carbocycles. The summed E-state index contributed by atoms with van der Waals surface area (Å²) in [6.45, 7) is 2.04. The monoisotopic (exact) mass is 377 g/mol. The van der Waals surface area contributed by atoms with Crippen LogP contribution in [-0.4, -0.2) is 40.4 Å². The Balaban J connectivity index is 2.26. The van der Waals surface area contributed by atoms with Crippen molar-refractivity contribution in [3.8, 4) is 0 Å². The van der Waals surface area contributed by atoms with Gasteiger partial charge in [0.05, 0.1) is 6.61 Å². The topological polar surface area (TPSA) is 91.3 Å². The van der Waals surface area contributed by atoms with Crippen LogP contribution in [0.2, 0.25) is 0 Å². The molecule has 0 heterocycles. The van der Waals surface area contributed by atoms with E-state index in [1.807, 2.05) is 6.92 Å². The van der Waals surface area contributed by atoms with E-state index in [1.165, 1.54) is 19.2 Å². The van der Waals surface area contributed by atoms with Crippen molar-refractivity contribution in [2.24, 2.45) is 5.16 Å². The van der Waals surface area contributed by atoms with Gasteiger partial charge >= 0.3 is 16.1 Å². The Hall–Kier alpha value is -2.71. The Bertz CT molecular complexity index is 860. The molecule has 0 atom stereocenters. The van der Waals surface area contributed by atoms with Crippen LogP contribution in [0.15, 0.2) is 64.6 Å². The van der Waals surface area contributed by atoms with E-state index in [0.29, 0.717) is 5.56 Å². The summed E-state index contributed by atoms with van der Waals surface area (Å²) >= 11 is 0. The molecule has 138 valence electrons. The zero-order valence-electron chi connectivity index (χ0n) is 14.4. The average molecular weight is 377 g/mol. The molecule has 0 aliphatic heterocycles. The normalized spacial score (nSPS) is 11.8. The van der Waals surface area contributed by atoms with Gasteiger partial charge in [-0.2, -0.15) is 8.42 Å². The first-order chi connectivity index (χ1) is 12.4. The summed E-state index contributed by atoms with van der Waals surface area (Å²) in [5.41, 5.74) is 1.02. The Labute approximate surface area is 152 Å². The molecule has 2 aromatic rings. The number of rotatable bonds is 8. The third kappa shape index (κ3) is 5.40. The SMILES string of the molecule is COCCOC(=O)C(=NOS(=O)(=O)c1ccc(C)cc1)c1ccccc1. The molecule has 8 heteroatoms. The van der Waals surface area contributed by atoms with Crippen molar-refractivity contribution in [1.82, 2.24) is 0 Å². The summed E-state index contributed by atoms with van der Waals surface area (Å²) in [5, 5.41) is 3.56. The standard InChI is InChI=1S/C18H19NO6S/c1-14-8-10-16(11-9-14)26(21,22)25-19-17(15-6-4-3-5-7-15)18(20)24-13-12-23-2/h3-11H,12-13H2,1-2H3. The molecule has 7 nitrogen and oxygen atoms in total. The molecule has 0 aromatic heterocycles. The van der Waals surface area contributed by atoms with Crippen LogP contribution in [0.25, 0.3) is 0 Å². The van der Waals surface area contributed by atoms with Gasteiger partial charge in [-0.05, 0) is 19.1 Å². The number of hydrogen-bond acceptors (Lipinski definition) is 7. The Morgan fingerprint density at radius 3 is 2.27 bits per heavy atom. The zero-order valence-corrected chi connectivity index (χ0v) is 15.2. The number of hydrogen-bond donors (Lipinski definition) is 0. The second kappa shape index (κ2) is 9.12. The van der Waals surface area contributed by atoms with Crippen molar-refractivity contribution in [1.29, 1.82) is 0 Å². The Morgan fingerprint density at radius 1 is 1.00 bits per heavy atom. The van der Waals surface area contributed by atoms with Crippen LogP contribution in [0.3, 0.4) is 0 Å². The molecular formula is C18H19NO6S. The van der Waals surface area contributed by atoms with Gasteiger partial charge in [-0.25, -0.2) is 4.79 Å². The minimum absolute atomic E-state index is 0.00585. The van der Waals surface area contributed by atoms with Crippen molar-refractivity contribution in [2.45, 2.75) is 11.8 Å². The van der Waals surface area contributed by atoms with Crippen LogP contribution >= 0.6 is 0 Å². The number of oxime groups is 1. The third-order valence-electron chi connectivity index (χ3n) is 3.30. The minimum Gasteiger partial charge on any atom is -0.458 e. The van der Waals surface area contributed by atoms with Crippen molar-refractivity contribution in [3.63, 3.8) is 0 Å². The van der Waals surface area contributed by atoms with Crippen molar-refractivity contribution >= 4 is 21.8 Å². The van der Waals surface area contributed by atoms with E-state index >= 15 is 0 Å². The fourth-order valence-electron chi connectivity index (χ4n) is 1.92. The van der Waals surface area contributed by atoms with Crippen LogP contribution in [0, 0.1) is 6.92 Å². The van der Waals surface area contributed by atoms with Gasteiger partial charge in [0, 0.05) is 12.7 Å². The zero-order chi connectivity index (χ0) is 19.0. The van der Waals surface area contributed by atoms with Crippen molar-refractivity contribution < 1.29 is 27.0 Å². The Morgan fingerprint density at radius 2 is 1.65 bits per heavy atom.